The third-order valence-electron chi connectivity index (χ3n) is 4.30. The van der Waals surface area contributed by atoms with Gasteiger partial charge in [-0.25, -0.2) is 0 Å². The number of amides is 1. The summed E-state index contributed by atoms with van der Waals surface area (Å²) in [5.41, 5.74) is 4.59. The molecule has 5 nitrogen and oxygen atoms in total. The van der Waals surface area contributed by atoms with Gasteiger partial charge < -0.3 is 4.42 Å². The topological polar surface area (TPSA) is 68.0 Å². The zero-order valence-electron chi connectivity index (χ0n) is 15.2. The molecular formula is C21H23N3O2. The first kappa shape index (κ1) is 17.9. The van der Waals surface area contributed by atoms with Crippen molar-refractivity contribution >= 4 is 11.9 Å². The fourth-order valence-corrected chi connectivity index (χ4v) is 2.68. The van der Waals surface area contributed by atoms with Crippen LogP contribution < -0.4 is 5.32 Å². The van der Waals surface area contributed by atoms with E-state index in [2.05, 4.69) is 53.6 Å². The summed E-state index contributed by atoms with van der Waals surface area (Å²) >= 11 is 0. The van der Waals surface area contributed by atoms with Gasteiger partial charge in [0.15, 0.2) is 0 Å². The summed E-state index contributed by atoms with van der Waals surface area (Å²) in [7, 11) is 0. The molecule has 2 aromatic carbocycles. The van der Waals surface area contributed by atoms with Crippen LogP contribution in [0.25, 0.3) is 0 Å². The Hall–Kier alpha value is -2.95. The molecule has 1 heterocycles. The molecule has 1 amide bonds. The van der Waals surface area contributed by atoms with E-state index in [0.29, 0.717) is 12.3 Å². The van der Waals surface area contributed by atoms with Crippen molar-refractivity contribution in [3.63, 3.8) is 0 Å². The Labute approximate surface area is 153 Å². The van der Waals surface area contributed by atoms with E-state index >= 15 is 0 Å². The maximum atomic E-state index is 12.1. The van der Waals surface area contributed by atoms with Crippen LogP contribution in [0.1, 0.15) is 42.0 Å². The normalized spacial score (nSPS) is 10.7. The maximum absolute atomic E-state index is 12.1. The lowest BCUT2D eigenvalue weighted by Gasteiger charge is -2.02. The predicted octanol–water partition coefficient (Wildman–Crippen LogP) is 3.97. The van der Waals surface area contributed by atoms with E-state index in [1.165, 1.54) is 11.1 Å². The van der Waals surface area contributed by atoms with Crippen LogP contribution in [0, 0.1) is 0 Å². The largest absolute Gasteiger partial charge is 0.407 e. The van der Waals surface area contributed by atoms with Crippen molar-refractivity contribution in [2.24, 2.45) is 0 Å². The molecule has 0 fully saturated rings. The van der Waals surface area contributed by atoms with Gasteiger partial charge in [0.2, 0.25) is 11.8 Å². The lowest BCUT2D eigenvalue weighted by molar-refractivity contribution is -0.115. The quantitative estimate of drug-likeness (QED) is 0.701. The minimum absolute atomic E-state index is 0.139. The molecule has 1 aromatic heterocycles. The van der Waals surface area contributed by atoms with E-state index in [-0.39, 0.29) is 18.3 Å². The predicted molar refractivity (Wildman–Crippen MR) is 101 cm³/mol. The van der Waals surface area contributed by atoms with Crippen LogP contribution in [0.15, 0.2) is 52.9 Å². The minimum atomic E-state index is -0.170. The molecule has 0 saturated heterocycles. The second-order valence-electron chi connectivity index (χ2n) is 6.24. The highest BCUT2D eigenvalue weighted by molar-refractivity contribution is 5.90. The average Bonchev–Trinajstić information content (AvgIpc) is 3.09. The van der Waals surface area contributed by atoms with E-state index in [0.717, 1.165) is 24.0 Å². The highest BCUT2D eigenvalue weighted by atomic mass is 16.4. The molecule has 3 aromatic rings. The minimum Gasteiger partial charge on any atom is -0.407 e. The van der Waals surface area contributed by atoms with Gasteiger partial charge in [0, 0.05) is 0 Å². The fourth-order valence-electron chi connectivity index (χ4n) is 2.68. The fraction of sp³-hybridized carbons (Fsp3) is 0.286. The SMILES string of the molecule is CCc1ccc(CC(=O)Nc2nnc(Cc3ccc(CC)cc3)o2)cc1. The number of benzene rings is 2. The van der Waals surface area contributed by atoms with Crippen molar-refractivity contribution in [1.29, 1.82) is 0 Å². The zero-order valence-corrected chi connectivity index (χ0v) is 15.2. The summed E-state index contributed by atoms with van der Waals surface area (Å²) in [6.45, 7) is 4.23. The van der Waals surface area contributed by atoms with Crippen LogP contribution in [0.4, 0.5) is 6.01 Å². The molecule has 5 heteroatoms. The van der Waals surface area contributed by atoms with Crippen LogP contribution in [-0.2, 0) is 30.5 Å². The number of nitrogens with one attached hydrogen (secondary N) is 1. The highest BCUT2D eigenvalue weighted by Gasteiger charge is 2.11. The third kappa shape index (κ3) is 4.79. The Bertz CT molecular complexity index is 852. The monoisotopic (exact) mass is 349 g/mol. The number of anilines is 1. The van der Waals surface area contributed by atoms with E-state index in [1.807, 2.05) is 24.3 Å². The Balaban J connectivity index is 1.55. The molecule has 0 unspecified atom stereocenters. The van der Waals surface area contributed by atoms with Gasteiger partial charge in [-0.1, -0.05) is 67.5 Å². The summed E-state index contributed by atoms with van der Waals surface area (Å²) in [4.78, 5) is 12.1. The van der Waals surface area contributed by atoms with Crippen molar-refractivity contribution in [3.8, 4) is 0 Å². The smallest absolute Gasteiger partial charge is 0.322 e. The first-order chi connectivity index (χ1) is 12.7. The van der Waals surface area contributed by atoms with Gasteiger partial charge in [-0.2, -0.15) is 0 Å². The molecule has 0 aliphatic heterocycles. The summed E-state index contributed by atoms with van der Waals surface area (Å²) in [5, 5.41) is 10.6. The molecule has 0 spiro atoms. The van der Waals surface area contributed by atoms with Crippen molar-refractivity contribution in [1.82, 2.24) is 10.2 Å². The Morgan fingerprint density at radius 3 is 1.96 bits per heavy atom. The van der Waals surface area contributed by atoms with E-state index in [4.69, 9.17) is 4.42 Å². The Kier molecular flexibility index (Phi) is 5.79. The summed E-state index contributed by atoms with van der Waals surface area (Å²) < 4.78 is 5.53. The van der Waals surface area contributed by atoms with E-state index < -0.39 is 0 Å². The number of aromatic nitrogens is 2. The van der Waals surface area contributed by atoms with Crippen LogP contribution in [-0.4, -0.2) is 16.1 Å². The first-order valence-corrected chi connectivity index (χ1v) is 8.94. The van der Waals surface area contributed by atoms with Crippen molar-refractivity contribution < 1.29 is 9.21 Å². The molecule has 0 radical (unpaired) electrons. The molecule has 3 rings (SSSR count). The van der Waals surface area contributed by atoms with Crippen LogP contribution >= 0.6 is 0 Å². The van der Waals surface area contributed by atoms with Gasteiger partial charge in [0.25, 0.3) is 0 Å². The highest BCUT2D eigenvalue weighted by Crippen LogP contribution is 2.13. The summed E-state index contributed by atoms with van der Waals surface area (Å²) in [6, 6.07) is 16.5. The summed E-state index contributed by atoms with van der Waals surface area (Å²) in [6.07, 6.45) is 2.82. The number of rotatable bonds is 7. The molecule has 0 aliphatic carbocycles. The van der Waals surface area contributed by atoms with Crippen LogP contribution in [0.2, 0.25) is 0 Å². The third-order valence-corrected chi connectivity index (χ3v) is 4.30. The van der Waals surface area contributed by atoms with Crippen molar-refractivity contribution in [3.05, 3.63) is 76.7 Å². The number of hydrogen-bond acceptors (Lipinski definition) is 4. The molecular weight excluding hydrogens is 326 g/mol. The van der Waals surface area contributed by atoms with Gasteiger partial charge in [0.1, 0.15) is 0 Å². The molecule has 0 bridgehead atoms. The molecule has 0 saturated carbocycles. The average molecular weight is 349 g/mol. The lowest BCUT2D eigenvalue weighted by atomic mass is 10.1. The summed E-state index contributed by atoms with van der Waals surface area (Å²) in [5.74, 6) is 0.314. The number of hydrogen-bond donors (Lipinski definition) is 1. The standard InChI is InChI=1S/C21H23N3O2/c1-3-15-5-9-17(10-6-15)13-19(25)22-21-24-23-20(26-21)14-18-11-7-16(4-2)8-12-18/h5-12H,3-4,13-14H2,1-2H3,(H,22,24,25). The van der Waals surface area contributed by atoms with Crippen LogP contribution in [0.3, 0.4) is 0 Å². The van der Waals surface area contributed by atoms with E-state index in [9.17, 15) is 4.79 Å². The number of aryl methyl sites for hydroxylation is 2. The Morgan fingerprint density at radius 2 is 1.38 bits per heavy atom. The van der Waals surface area contributed by atoms with Crippen molar-refractivity contribution in [2.45, 2.75) is 39.5 Å². The van der Waals surface area contributed by atoms with E-state index in [1.54, 1.807) is 0 Å². The van der Waals surface area contributed by atoms with Gasteiger partial charge in [-0.05, 0) is 35.1 Å². The molecule has 26 heavy (non-hydrogen) atoms. The molecule has 1 N–H and O–H groups in total. The van der Waals surface area contributed by atoms with Gasteiger partial charge in [-0.3, -0.25) is 10.1 Å². The Morgan fingerprint density at radius 1 is 0.846 bits per heavy atom. The van der Waals surface area contributed by atoms with Crippen molar-refractivity contribution in [2.75, 3.05) is 5.32 Å². The number of carbonyl (C=O) groups is 1. The number of carbonyl (C=O) groups excluding carboxylic acids is 1. The van der Waals surface area contributed by atoms with Gasteiger partial charge in [0.05, 0.1) is 12.8 Å². The molecule has 0 aliphatic rings. The lowest BCUT2D eigenvalue weighted by Crippen LogP contribution is -2.14. The second-order valence-corrected chi connectivity index (χ2v) is 6.24. The zero-order chi connectivity index (χ0) is 18.4. The molecule has 134 valence electrons. The van der Waals surface area contributed by atoms with Gasteiger partial charge in [-0.15, -0.1) is 5.10 Å². The van der Waals surface area contributed by atoms with Crippen LogP contribution in [0.5, 0.6) is 0 Å². The molecule has 0 atom stereocenters. The first-order valence-electron chi connectivity index (χ1n) is 8.94. The second kappa shape index (κ2) is 8.43. The van der Waals surface area contributed by atoms with Gasteiger partial charge >= 0.3 is 6.01 Å². The number of nitrogens with zero attached hydrogens (tertiary/aromatic N) is 2. The maximum Gasteiger partial charge on any atom is 0.322 e.